The third-order valence-corrected chi connectivity index (χ3v) is 1.98. The second-order valence-corrected chi connectivity index (χ2v) is 3.81. The van der Waals surface area contributed by atoms with E-state index in [0.29, 0.717) is 12.6 Å². The number of hydrogen-bond acceptors (Lipinski definition) is 2. The molecule has 0 rings (SSSR count). The predicted octanol–water partition coefficient (Wildman–Crippen LogP) is 2.90. The molecule has 92 valence electrons. The smallest absolute Gasteiger partial charge is 0.107 e. The van der Waals surface area contributed by atoms with E-state index >= 15 is 0 Å². The molecular formula is C13H24N2O. The highest BCUT2D eigenvalue weighted by Gasteiger charge is 2.01. The lowest BCUT2D eigenvalue weighted by Crippen LogP contribution is -2.31. The minimum atomic E-state index is 0.326. The molecule has 0 aliphatic carbocycles. The third kappa shape index (κ3) is 9.31. The first kappa shape index (κ1) is 14.8. The van der Waals surface area contributed by atoms with Gasteiger partial charge in [0.05, 0.1) is 18.6 Å². The monoisotopic (exact) mass is 224 g/mol. The van der Waals surface area contributed by atoms with E-state index in [0.717, 1.165) is 13.0 Å². The summed E-state index contributed by atoms with van der Waals surface area (Å²) in [6.07, 6.45) is 8.45. The summed E-state index contributed by atoms with van der Waals surface area (Å²) < 4.78 is 5.42. The average Bonchev–Trinajstić information content (AvgIpc) is 2.26. The van der Waals surface area contributed by atoms with Crippen LogP contribution in [-0.2, 0) is 4.74 Å². The summed E-state index contributed by atoms with van der Waals surface area (Å²) in [6, 6.07) is 0.326. The van der Waals surface area contributed by atoms with Crippen LogP contribution in [-0.4, -0.2) is 25.5 Å². The Morgan fingerprint density at radius 1 is 1.38 bits per heavy atom. The molecule has 1 unspecified atom stereocenters. The molecule has 0 aromatic heterocycles. The normalized spacial score (nSPS) is 13.0. The van der Waals surface area contributed by atoms with Gasteiger partial charge in [0.2, 0.25) is 0 Å². The van der Waals surface area contributed by atoms with E-state index in [9.17, 15) is 0 Å². The van der Waals surface area contributed by atoms with E-state index in [1.54, 1.807) is 12.6 Å². The number of nitrogens with zero attached hydrogens (tertiary/aromatic N) is 1. The molecule has 0 heterocycles. The first-order chi connectivity index (χ1) is 7.70. The summed E-state index contributed by atoms with van der Waals surface area (Å²) in [5, 5.41) is 3.20. The Hall–Kier alpha value is -1.25. The highest BCUT2D eigenvalue weighted by Crippen LogP contribution is 1.93. The first-order valence-electron chi connectivity index (χ1n) is 5.86. The second-order valence-electron chi connectivity index (χ2n) is 3.81. The zero-order chi connectivity index (χ0) is 12.2. The minimum absolute atomic E-state index is 0.326. The molecule has 0 aromatic carbocycles. The molecule has 1 N–H and O–H groups in total. The highest BCUT2D eigenvalue weighted by molar-refractivity contribution is 5.54. The number of aliphatic imine (C=N–C) groups is 1. The molecule has 0 aliphatic heterocycles. The molecule has 16 heavy (non-hydrogen) atoms. The van der Waals surface area contributed by atoms with Crippen LogP contribution in [0.2, 0.25) is 0 Å². The Kier molecular flexibility index (Phi) is 9.47. The van der Waals surface area contributed by atoms with E-state index < -0.39 is 0 Å². The molecule has 0 amide bonds. The van der Waals surface area contributed by atoms with Gasteiger partial charge in [0.25, 0.3) is 0 Å². The van der Waals surface area contributed by atoms with Crippen LogP contribution in [0.1, 0.15) is 34.1 Å². The van der Waals surface area contributed by atoms with Gasteiger partial charge in [-0.25, -0.2) is 0 Å². The Bertz CT molecular complexity index is 240. The molecule has 0 saturated heterocycles. The van der Waals surface area contributed by atoms with Crippen molar-refractivity contribution in [3.05, 3.63) is 24.0 Å². The summed E-state index contributed by atoms with van der Waals surface area (Å²) in [5.41, 5.74) is 1.26. The second kappa shape index (κ2) is 10.3. The fourth-order valence-electron chi connectivity index (χ4n) is 0.992. The van der Waals surface area contributed by atoms with Gasteiger partial charge in [0.1, 0.15) is 6.61 Å². The maximum atomic E-state index is 5.42. The van der Waals surface area contributed by atoms with Crippen LogP contribution in [0.5, 0.6) is 0 Å². The van der Waals surface area contributed by atoms with Crippen molar-refractivity contribution in [1.29, 1.82) is 0 Å². The van der Waals surface area contributed by atoms with Gasteiger partial charge >= 0.3 is 0 Å². The quantitative estimate of drug-likeness (QED) is 0.298. The van der Waals surface area contributed by atoms with Crippen LogP contribution in [0.25, 0.3) is 0 Å². The van der Waals surface area contributed by atoms with Crippen molar-refractivity contribution in [3.8, 4) is 0 Å². The van der Waals surface area contributed by atoms with Gasteiger partial charge in [-0.15, -0.1) is 0 Å². The van der Waals surface area contributed by atoms with Crippen molar-refractivity contribution in [1.82, 2.24) is 5.32 Å². The first-order valence-corrected chi connectivity index (χ1v) is 5.86. The molecule has 0 bridgehead atoms. The van der Waals surface area contributed by atoms with Gasteiger partial charge in [-0.2, -0.15) is 0 Å². The van der Waals surface area contributed by atoms with E-state index in [-0.39, 0.29) is 0 Å². The average molecular weight is 224 g/mol. The van der Waals surface area contributed by atoms with Crippen LogP contribution >= 0.6 is 0 Å². The molecule has 0 saturated carbocycles. The fraction of sp³-hybridized carbons (Fsp3) is 0.615. The lowest BCUT2D eigenvalue weighted by atomic mass is 10.2. The summed E-state index contributed by atoms with van der Waals surface area (Å²) in [6.45, 7) is 9.73. The summed E-state index contributed by atoms with van der Waals surface area (Å²) in [5.74, 6) is 0. The van der Waals surface area contributed by atoms with E-state index in [4.69, 9.17) is 4.74 Å². The molecule has 0 fully saturated rings. The Labute approximate surface area is 99.3 Å². The predicted molar refractivity (Wildman–Crippen MR) is 70.8 cm³/mol. The molecule has 0 radical (unpaired) electrons. The zero-order valence-electron chi connectivity index (χ0n) is 10.9. The molecule has 0 spiro atoms. The van der Waals surface area contributed by atoms with Crippen LogP contribution in [0.4, 0.5) is 0 Å². The van der Waals surface area contributed by atoms with E-state index in [1.165, 1.54) is 5.57 Å². The fourth-order valence-corrected chi connectivity index (χ4v) is 0.992. The van der Waals surface area contributed by atoms with Crippen LogP contribution in [0.15, 0.2) is 29.0 Å². The molecule has 1 atom stereocenters. The van der Waals surface area contributed by atoms with Gasteiger partial charge in [-0.1, -0.05) is 18.6 Å². The van der Waals surface area contributed by atoms with Gasteiger partial charge in [0.15, 0.2) is 0 Å². The summed E-state index contributed by atoms with van der Waals surface area (Å²) >= 11 is 0. The van der Waals surface area contributed by atoms with Gasteiger partial charge in [-0.3, -0.25) is 4.99 Å². The van der Waals surface area contributed by atoms with Crippen molar-refractivity contribution in [2.24, 2.45) is 4.99 Å². The van der Waals surface area contributed by atoms with Gasteiger partial charge < -0.3 is 10.1 Å². The maximum absolute atomic E-state index is 5.42. The number of hydrogen-bond donors (Lipinski definition) is 1. The Morgan fingerprint density at radius 3 is 2.69 bits per heavy atom. The number of allylic oxidation sites excluding steroid dienone is 3. The lowest BCUT2D eigenvalue weighted by Gasteiger charge is -2.13. The van der Waals surface area contributed by atoms with Crippen molar-refractivity contribution < 1.29 is 4.74 Å². The van der Waals surface area contributed by atoms with Gasteiger partial charge in [-0.05, 0) is 33.3 Å². The van der Waals surface area contributed by atoms with E-state index in [1.807, 2.05) is 19.1 Å². The molecule has 3 heteroatoms. The maximum Gasteiger partial charge on any atom is 0.107 e. The van der Waals surface area contributed by atoms with Crippen LogP contribution in [0.3, 0.4) is 0 Å². The molecule has 3 nitrogen and oxygen atoms in total. The molecular weight excluding hydrogens is 200 g/mol. The van der Waals surface area contributed by atoms with E-state index in [2.05, 4.69) is 31.1 Å². The molecule has 0 aliphatic rings. The molecule has 0 aromatic rings. The van der Waals surface area contributed by atoms with Crippen LogP contribution in [0, 0.1) is 0 Å². The van der Waals surface area contributed by atoms with Gasteiger partial charge in [0, 0.05) is 6.54 Å². The SMILES string of the molecule is CCN=CNC(CC)COC=CC=C(C)C. The highest BCUT2D eigenvalue weighted by atomic mass is 16.5. The summed E-state index contributed by atoms with van der Waals surface area (Å²) in [4.78, 5) is 4.11. The minimum Gasteiger partial charge on any atom is -0.499 e. The standard InChI is InChI=1S/C13H24N2O/c1-5-13(15-11-14-6-2)10-16-9-7-8-12(3)4/h7-9,11,13H,5-6,10H2,1-4H3,(H,14,15). The number of rotatable bonds is 8. The zero-order valence-corrected chi connectivity index (χ0v) is 10.9. The largest absolute Gasteiger partial charge is 0.499 e. The topological polar surface area (TPSA) is 33.6 Å². The van der Waals surface area contributed by atoms with Crippen LogP contribution < -0.4 is 5.32 Å². The van der Waals surface area contributed by atoms with Crippen molar-refractivity contribution in [3.63, 3.8) is 0 Å². The van der Waals surface area contributed by atoms with Crippen molar-refractivity contribution in [2.45, 2.75) is 40.2 Å². The Balaban J connectivity index is 3.74. The summed E-state index contributed by atoms with van der Waals surface area (Å²) in [7, 11) is 0. The van der Waals surface area contributed by atoms with Crippen molar-refractivity contribution >= 4 is 6.34 Å². The van der Waals surface area contributed by atoms with Crippen molar-refractivity contribution in [2.75, 3.05) is 13.2 Å². The number of ether oxygens (including phenoxy) is 1. The third-order valence-electron chi connectivity index (χ3n) is 1.98. The lowest BCUT2D eigenvalue weighted by molar-refractivity contribution is 0.217. The number of nitrogens with one attached hydrogen (secondary N) is 1. The Morgan fingerprint density at radius 2 is 2.12 bits per heavy atom.